The molecule has 6 nitrogen and oxygen atoms in total. The van der Waals surface area contributed by atoms with Crippen molar-refractivity contribution in [1.82, 2.24) is 4.90 Å². The van der Waals surface area contributed by atoms with E-state index in [9.17, 15) is 23.4 Å². The van der Waals surface area contributed by atoms with Crippen molar-refractivity contribution in [2.24, 2.45) is 4.99 Å². The summed E-state index contributed by atoms with van der Waals surface area (Å²) in [6, 6.07) is -0.801. The van der Waals surface area contributed by atoms with E-state index in [0.717, 1.165) is 18.9 Å². The molecule has 0 aliphatic carbocycles. The average molecular weight is 330 g/mol. The van der Waals surface area contributed by atoms with E-state index in [-0.39, 0.29) is 0 Å². The number of ether oxygens (including phenoxy) is 2. The van der Waals surface area contributed by atoms with Crippen molar-refractivity contribution in [1.29, 1.82) is 0 Å². The van der Waals surface area contributed by atoms with Crippen LogP contribution in [0.2, 0.25) is 0 Å². The molecule has 2 rings (SSSR count). The number of halogens is 3. The molecule has 2 heterocycles. The second-order valence-electron chi connectivity index (χ2n) is 5.06. The third-order valence-electron chi connectivity index (χ3n) is 3.35. The molecule has 0 aromatic heterocycles. The van der Waals surface area contributed by atoms with Gasteiger partial charge in [0.15, 0.2) is 11.3 Å². The molecule has 2 aliphatic rings. The minimum Gasteiger partial charge on any atom is -0.388 e. The fourth-order valence-corrected chi connectivity index (χ4v) is 3.44. The van der Waals surface area contributed by atoms with Crippen molar-refractivity contribution in [3.63, 3.8) is 0 Å². The smallest absolute Gasteiger partial charge is 0.388 e. The third kappa shape index (κ3) is 3.14. The molecule has 122 valence electrons. The summed E-state index contributed by atoms with van der Waals surface area (Å²) >= 11 is 1.11. The van der Waals surface area contributed by atoms with Crippen molar-refractivity contribution >= 4 is 16.9 Å². The average Bonchev–Trinajstić information content (AvgIpc) is 2.78. The van der Waals surface area contributed by atoms with Crippen molar-refractivity contribution < 1.29 is 32.9 Å². The van der Waals surface area contributed by atoms with Gasteiger partial charge in [0.25, 0.3) is 0 Å². The molecule has 0 bridgehead atoms. The van der Waals surface area contributed by atoms with Gasteiger partial charge in [-0.15, -0.1) is 0 Å². The van der Waals surface area contributed by atoms with Gasteiger partial charge in [-0.1, -0.05) is 11.8 Å². The Morgan fingerprint density at radius 3 is 2.43 bits per heavy atom. The zero-order chi connectivity index (χ0) is 15.9. The molecule has 0 spiro atoms. The Labute approximate surface area is 123 Å². The van der Waals surface area contributed by atoms with Crippen LogP contribution in [-0.2, 0) is 9.47 Å². The number of nitrogens with zero attached hydrogens (tertiary/aromatic N) is 2. The molecule has 1 fully saturated rings. The molecule has 21 heavy (non-hydrogen) atoms. The highest BCUT2D eigenvalue weighted by molar-refractivity contribution is 8.14. The first-order valence-corrected chi connectivity index (χ1v) is 7.07. The van der Waals surface area contributed by atoms with Gasteiger partial charge in [-0.3, -0.25) is 4.99 Å². The monoisotopic (exact) mass is 330 g/mol. The quantitative estimate of drug-likeness (QED) is 0.745. The lowest BCUT2D eigenvalue weighted by Gasteiger charge is -2.41. The van der Waals surface area contributed by atoms with Crippen LogP contribution in [0.25, 0.3) is 0 Å². The molecule has 1 saturated heterocycles. The maximum atomic E-state index is 12.9. The molecule has 0 aromatic rings. The molecular weight excluding hydrogens is 313 g/mol. The van der Waals surface area contributed by atoms with Gasteiger partial charge in [0.1, 0.15) is 29.8 Å². The lowest BCUT2D eigenvalue weighted by atomic mass is 9.94. The van der Waals surface area contributed by atoms with Crippen LogP contribution in [-0.4, -0.2) is 83.6 Å². The van der Waals surface area contributed by atoms with Crippen LogP contribution >= 0.6 is 11.8 Å². The molecule has 0 unspecified atom stereocenters. The normalized spacial score (nSPS) is 37.9. The van der Waals surface area contributed by atoms with Gasteiger partial charge in [-0.05, 0) is 0 Å². The number of amidine groups is 1. The number of fused-ring (bicyclic) bond motifs is 1. The Kier molecular flexibility index (Phi) is 4.74. The van der Waals surface area contributed by atoms with Crippen LogP contribution in [0.1, 0.15) is 0 Å². The first-order valence-electron chi connectivity index (χ1n) is 6.19. The summed E-state index contributed by atoms with van der Waals surface area (Å²) in [6.07, 6.45) is -11.9. The fraction of sp³-hybridized carbons (Fsp3) is 0.909. The van der Waals surface area contributed by atoms with Gasteiger partial charge in [-0.25, -0.2) is 0 Å². The van der Waals surface area contributed by atoms with Crippen molar-refractivity contribution in [3.8, 4) is 0 Å². The van der Waals surface area contributed by atoms with E-state index < -0.39 is 42.1 Å². The highest BCUT2D eigenvalue weighted by Crippen LogP contribution is 2.40. The second kappa shape index (κ2) is 5.92. The lowest BCUT2D eigenvalue weighted by molar-refractivity contribution is -0.278. The number of methoxy groups -OCH3 is 1. The van der Waals surface area contributed by atoms with E-state index >= 15 is 0 Å². The van der Waals surface area contributed by atoms with Gasteiger partial charge in [-0.2, -0.15) is 13.2 Å². The number of thioether (sulfide) groups is 1. The predicted octanol–water partition coefficient (Wildman–Crippen LogP) is 0.0434. The zero-order valence-corrected chi connectivity index (χ0v) is 12.4. The van der Waals surface area contributed by atoms with Gasteiger partial charge in [0, 0.05) is 21.2 Å². The molecule has 2 aliphatic heterocycles. The first-order chi connectivity index (χ1) is 9.66. The Hall–Kier alpha value is -0.550. The molecular formula is C11H17F3N2O4S. The Balaban J connectivity index is 2.20. The van der Waals surface area contributed by atoms with Gasteiger partial charge >= 0.3 is 6.18 Å². The van der Waals surface area contributed by atoms with Gasteiger partial charge in [0.05, 0.1) is 0 Å². The van der Waals surface area contributed by atoms with Crippen LogP contribution < -0.4 is 0 Å². The van der Waals surface area contributed by atoms with E-state index in [1.54, 1.807) is 19.0 Å². The minimum absolute atomic E-state index is 0.526. The Bertz CT molecular complexity index is 421. The molecule has 10 heteroatoms. The molecule has 0 saturated carbocycles. The highest BCUT2D eigenvalue weighted by atomic mass is 32.2. The predicted molar refractivity (Wildman–Crippen MR) is 70.0 cm³/mol. The summed E-state index contributed by atoms with van der Waals surface area (Å²) in [5.41, 5.74) is -0.786. The summed E-state index contributed by atoms with van der Waals surface area (Å²) in [5.74, 6) is 0. The summed E-state index contributed by atoms with van der Waals surface area (Å²) in [7, 11) is 4.32. The molecule has 0 amide bonds. The number of aliphatic hydroxyl groups excluding tert-OH is 2. The number of hydrogen-bond acceptors (Lipinski definition) is 7. The number of rotatable bonds is 2. The molecule has 0 radical (unpaired) electrons. The summed E-state index contributed by atoms with van der Waals surface area (Å²) in [5, 5.41) is 20.5. The van der Waals surface area contributed by atoms with E-state index in [2.05, 4.69) is 9.73 Å². The number of aliphatic imine (C=N–C) groups is 1. The summed E-state index contributed by atoms with van der Waals surface area (Å²) < 4.78 is 48.5. The first kappa shape index (κ1) is 16.8. The van der Waals surface area contributed by atoms with Crippen molar-refractivity contribution in [2.45, 2.75) is 42.1 Å². The Morgan fingerprint density at radius 2 is 1.95 bits per heavy atom. The molecule has 0 aromatic carbocycles. The maximum absolute atomic E-state index is 12.9. The van der Waals surface area contributed by atoms with Crippen molar-refractivity contribution in [2.75, 3.05) is 21.2 Å². The number of hydrogen-bond donors (Lipinski definition) is 2. The van der Waals surface area contributed by atoms with Gasteiger partial charge in [0.2, 0.25) is 0 Å². The molecule has 2 N–H and O–H groups in total. The van der Waals surface area contributed by atoms with Crippen LogP contribution in [0.15, 0.2) is 4.99 Å². The topological polar surface area (TPSA) is 74.5 Å². The molecule has 6 atom stereocenters. The van der Waals surface area contributed by atoms with Crippen LogP contribution in [0.3, 0.4) is 0 Å². The van der Waals surface area contributed by atoms with Crippen molar-refractivity contribution in [3.05, 3.63) is 0 Å². The van der Waals surface area contributed by atoms with E-state index in [1.165, 1.54) is 0 Å². The van der Waals surface area contributed by atoms with E-state index in [1.807, 2.05) is 0 Å². The summed E-state index contributed by atoms with van der Waals surface area (Å²) in [6.45, 7) is 0. The van der Waals surface area contributed by atoms with E-state index in [4.69, 9.17) is 4.74 Å². The SMILES string of the molecule is CO[C@@H]([C@H]1O[C@@H]2SC(N(C)C)=N[C@@H]2[C@@H](O)[C@@H]1O)C(F)(F)F. The second-order valence-corrected chi connectivity index (χ2v) is 6.13. The van der Waals surface area contributed by atoms with Crippen LogP contribution in [0, 0.1) is 0 Å². The zero-order valence-electron chi connectivity index (χ0n) is 11.6. The highest BCUT2D eigenvalue weighted by Gasteiger charge is 2.56. The van der Waals surface area contributed by atoms with Crippen LogP contribution in [0.5, 0.6) is 0 Å². The standard InChI is InChI=1S/C11H17F3N2O4S/c1-16(2)10-15-4-5(17)6(18)7(20-9(4)21-10)8(19-3)11(12,13)14/h4-9,17-18H,1-3H3/t4-,5-,6+,7+,8+,9-/m1/s1. The summed E-state index contributed by atoms with van der Waals surface area (Å²) in [4.78, 5) is 5.84. The maximum Gasteiger partial charge on any atom is 0.417 e. The van der Waals surface area contributed by atoms with Crippen LogP contribution in [0.4, 0.5) is 13.2 Å². The largest absolute Gasteiger partial charge is 0.417 e. The van der Waals surface area contributed by atoms with E-state index in [0.29, 0.717) is 5.17 Å². The minimum atomic E-state index is -4.71. The Morgan fingerprint density at radius 1 is 1.33 bits per heavy atom. The number of aliphatic hydroxyl groups is 2. The van der Waals surface area contributed by atoms with Gasteiger partial charge < -0.3 is 24.6 Å². The lowest BCUT2D eigenvalue weighted by Crippen LogP contribution is -2.61. The number of alkyl halides is 3. The fourth-order valence-electron chi connectivity index (χ4n) is 2.30. The third-order valence-corrected chi connectivity index (χ3v) is 4.65.